The van der Waals surface area contributed by atoms with Crippen LogP contribution in [0.4, 0.5) is 4.79 Å². The molecule has 1 aromatic heterocycles. The standard InChI is InChI=1S/C18H32N6O/c1-15-7-12-23(13-8-15)10-5-9-19-18(25)20-14-17-22-21-16-6-3-2-4-11-24(16)17/h15H,2-14H2,1H3,(H2,19,20,25). The number of hydrogen-bond donors (Lipinski definition) is 2. The fraction of sp³-hybridized carbons (Fsp3) is 0.833. The van der Waals surface area contributed by atoms with Gasteiger partial charge in [0.05, 0.1) is 6.54 Å². The van der Waals surface area contributed by atoms with E-state index in [9.17, 15) is 4.79 Å². The van der Waals surface area contributed by atoms with Crippen LogP contribution in [-0.2, 0) is 19.5 Å². The van der Waals surface area contributed by atoms with Crippen molar-refractivity contribution in [3.8, 4) is 0 Å². The second-order valence-corrected chi connectivity index (χ2v) is 7.48. The minimum absolute atomic E-state index is 0.113. The van der Waals surface area contributed by atoms with Crippen LogP contribution in [0.15, 0.2) is 0 Å². The molecule has 25 heavy (non-hydrogen) atoms. The molecule has 0 spiro atoms. The first-order valence-electron chi connectivity index (χ1n) is 9.87. The Hall–Kier alpha value is -1.63. The summed E-state index contributed by atoms with van der Waals surface area (Å²) in [5.74, 6) is 2.80. The second kappa shape index (κ2) is 9.17. The van der Waals surface area contributed by atoms with Crippen molar-refractivity contribution in [3.63, 3.8) is 0 Å². The molecule has 0 aromatic carbocycles. The maximum atomic E-state index is 12.0. The van der Waals surface area contributed by atoms with Gasteiger partial charge in [-0.15, -0.1) is 10.2 Å². The number of likely N-dealkylation sites (tertiary alicyclic amines) is 1. The first-order chi connectivity index (χ1) is 12.2. The van der Waals surface area contributed by atoms with Gasteiger partial charge in [-0.1, -0.05) is 13.3 Å². The lowest BCUT2D eigenvalue weighted by Gasteiger charge is -2.30. The van der Waals surface area contributed by atoms with E-state index in [2.05, 4.69) is 37.2 Å². The Bertz CT molecular complexity index is 550. The highest BCUT2D eigenvalue weighted by atomic mass is 16.2. The quantitative estimate of drug-likeness (QED) is 0.770. The van der Waals surface area contributed by atoms with Crippen LogP contribution in [0.5, 0.6) is 0 Å². The fourth-order valence-electron chi connectivity index (χ4n) is 3.69. The van der Waals surface area contributed by atoms with Gasteiger partial charge in [0, 0.05) is 19.5 Å². The molecule has 0 bridgehead atoms. The number of hydrogen-bond acceptors (Lipinski definition) is 4. The molecule has 7 nitrogen and oxygen atoms in total. The number of rotatable bonds is 6. The van der Waals surface area contributed by atoms with Crippen molar-refractivity contribution in [3.05, 3.63) is 11.6 Å². The van der Waals surface area contributed by atoms with E-state index in [1.54, 1.807) is 0 Å². The molecule has 2 aliphatic heterocycles. The summed E-state index contributed by atoms with van der Waals surface area (Å²) in [6.07, 6.45) is 8.19. The van der Waals surface area contributed by atoms with Crippen molar-refractivity contribution in [2.75, 3.05) is 26.2 Å². The van der Waals surface area contributed by atoms with E-state index in [-0.39, 0.29) is 6.03 Å². The number of nitrogens with one attached hydrogen (secondary N) is 2. The van der Waals surface area contributed by atoms with Crippen molar-refractivity contribution in [2.45, 2.75) is 65.0 Å². The molecular weight excluding hydrogens is 316 g/mol. The Balaban J connectivity index is 1.31. The van der Waals surface area contributed by atoms with E-state index in [1.165, 1.54) is 45.2 Å². The first-order valence-corrected chi connectivity index (χ1v) is 9.87. The number of carbonyl (C=O) groups is 1. The van der Waals surface area contributed by atoms with Gasteiger partial charge in [-0.05, 0) is 57.7 Å². The molecule has 1 saturated heterocycles. The zero-order valence-electron chi connectivity index (χ0n) is 15.5. The number of aryl methyl sites for hydroxylation is 1. The van der Waals surface area contributed by atoms with E-state index in [1.807, 2.05) is 0 Å². The summed E-state index contributed by atoms with van der Waals surface area (Å²) in [4.78, 5) is 14.5. The smallest absolute Gasteiger partial charge is 0.315 e. The highest BCUT2D eigenvalue weighted by Crippen LogP contribution is 2.16. The zero-order chi connectivity index (χ0) is 17.5. The summed E-state index contributed by atoms with van der Waals surface area (Å²) in [5.41, 5.74) is 0. The lowest BCUT2D eigenvalue weighted by atomic mass is 9.99. The number of amides is 2. The number of nitrogens with zero attached hydrogens (tertiary/aromatic N) is 4. The fourth-order valence-corrected chi connectivity index (χ4v) is 3.69. The predicted molar refractivity (Wildman–Crippen MR) is 97.3 cm³/mol. The molecule has 0 radical (unpaired) electrons. The maximum Gasteiger partial charge on any atom is 0.315 e. The van der Waals surface area contributed by atoms with Crippen LogP contribution < -0.4 is 10.6 Å². The minimum atomic E-state index is -0.113. The Labute approximate surface area is 150 Å². The van der Waals surface area contributed by atoms with E-state index in [4.69, 9.17) is 0 Å². The summed E-state index contributed by atoms with van der Waals surface area (Å²) in [7, 11) is 0. The van der Waals surface area contributed by atoms with Gasteiger partial charge in [0.15, 0.2) is 5.82 Å². The third-order valence-corrected chi connectivity index (χ3v) is 5.41. The van der Waals surface area contributed by atoms with Crippen LogP contribution in [0.2, 0.25) is 0 Å². The molecule has 0 unspecified atom stereocenters. The Kier molecular flexibility index (Phi) is 6.67. The maximum absolute atomic E-state index is 12.0. The van der Waals surface area contributed by atoms with Gasteiger partial charge in [0.25, 0.3) is 0 Å². The van der Waals surface area contributed by atoms with Gasteiger partial charge in [-0.2, -0.15) is 0 Å². The highest BCUT2D eigenvalue weighted by molar-refractivity contribution is 5.73. The van der Waals surface area contributed by atoms with Crippen LogP contribution >= 0.6 is 0 Å². The Morgan fingerprint density at radius 3 is 2.80 bits per heavy atom. The van der Waals surface area contributed by atoms with Crippen LogP contribution in [0.25, 0.3) is 0 Å². The normalized spacial score (nSPS) is 19.2. The van der Waals surface area contributed by atoms with Gasteiger partial charge in [-0.25, -0.2) is 4.79 Å². The molecule has 2 aliphatic rings. The third kappa shape index (κ3) is 5.42. The molecule has 2 N–H and O–H groups in total. The summed E-state index contributed by atoms with van der Waals surface area (Å²) in [5, 5.41) is 14.4. The molecule has 7 heteroatoms. The molecule has 0 aliphatic carbocycles. The third-order valence-electron chi connectivity index (χ3n) is 5.41. The van der Waals surface area contributed by atoms with Crippen molar-refractivity contribution < 1.29 is 4.79 Å². The monoisotopic (exact) mass is 348 g/mol. The topological polar surface area (TPSA) is 75.1 Å². The van der Waals surface area contributed by atoms with E-state index >= 15 is 0 Å². The average Bonchev–Trinajstić information content (AvgIpc) is 2.85. The van der Waals surface area contributed by atoms with Crippen molar-refractivity contribution in [2.24, 2.45) is 5.92 Å². The molecule has 2 amide bonds. The second-order valence-electron chi connectivity index (χ2n) is 7.48. The number of urea groups is 1. The van der Waals surface area contributed by atoms with E-state index in [0.717, 1.165) is 50.0 Å². The summed E-state index contributed by atoms with van der Waals surface area (Å²) >= 11 is 0. The van der Waals surface area contributed by atoms with Gasteiger partial charge >= 0.3 is 6.03 Å². The number of carbonyl (C=O) groups excluding carboxylic acids is 1. The lowest BCUT2D eigenvalue weighted by Crippen LogP contribution is -2.38. The average molecular weight is 348 g/mol. The first kappa shape index (κ1) is 18.2. The predicted octanol–water partition coefficient (Wildman–Crippen LogP) is 1.93. The Morgan fingerprint density at radius 1 is 1.12 bits per heavy atom. The molecule has 3 heterocycles. The number of piperidine rings is 1. The van der Waals surface area contributed by atoms with Crippen molar-refractivity contribution in [1.29, 1.82) is 0 Å². The molecule has 1 fully saturated rings. The van der Waals surface area contributed by atoms with Crippen LogP contribution in [0.1, 0.15) is 57.1 Å². The van der Waals surface area contributed by atoms with Gasteiger partial charge in [0.2, 0.25) is 0 Å². The molecule has 1 aromatic rings. The molecule has 140 valence electrons. The van der Waals surface area contributed by atoms with Crippen LogP contribution in [-0.4, -0.2) is 51.9 Å². The van der Waals surface area contributed by atoms with E-state index in [0.29, 0.717) is 6.54 Å². The van der Waals surface area contributed by atoms with E-state index < -0.39 is 0 Å². The highest BCUT2D eigenvalue weighted by Gasteiger charge is 2.16. The lowest BCUT2D eigenvalue weighted by molar-refractivity contribution is 0.190. The Morgan fingerprint density at radius 2 is 1.96 bits per heavy atom. The van der Waals surface area contributed by atoms with Gasteiger partial charge in [-0.3, -0.25) is 0 Å². The zero-order valence-corrected chi connectivity index (χ0v) is 15.5. The van der Waals surface area contributed by atoms with Gasteiger partial charge < -0.3 is 20.1 Å². The molecule has 0 saturated carbocycles. The molecule has 3 rings (SSSR count). The largest absolute Gasteiger partial charge is 0.338 e. The summed E-state index contributed by atoms with van der Waals surface area (Å²) in [6, 6.07) is -0.113. The molecular formula is C18H32N6O. The SMILES string of the molecule is CC1CCN(CCCNC(=O)NCc2nnc3n2CCCCC3)CC1. The van der Waals surface area contributed by atoms with Crippen LogP contribution in [0, 0.1) is 5.92 Å². The molecule has 0 atom stereocenters. The summed E-state index contributed by atoms with van der Waals surface area (Å²) < 4.78 is 2.17. The minimum Gasteiger partial charge on any atom is -0.338 e. The summed E-state index contributed by atoms with van der Waals surface area (Å²) in [6.45, 7) is 7.94. The number of fused-ring (bicyclic) bond motifs is 1. The van der Waals surface area contributed by atoms with Gasteiger partial charge in [0.1, 0.15) is 5.82 Å². The van der Waals surface area contributed by atoms with Crippen molar-refractivity contribution in [1.82, 2.24) is 30.3 Å². The number of aromatic nitrogens is 3. The van der Waals surface area contributed by atoms with Crippen molar-refractivity contribution >= 4 is 6.03 Å². The van der Waals surface area contributed by atoms with Crippen LogP contribution in [0.3, 0.4) is 0 Å².